The molecule has 0 spiro atoms. The van der Waals surface area contributed by atoms with Gasteiger partial charge in [-0.05, 0) is 26.0 Å². The number of alkyl halides is 3. The number of likely N-dealkylation sites (N-methyl/N-ethyl adjacent to an activating group) is 1. The molecular formula is C18H21F3N4O5S2. The van der Waals surface area contributed by atoms with Gasteiger partial charge in [-0.2, -0.15) is 17.5 Å². The summed E-state index contributed by atoms with van der Waals surface area (Å²) in [7, 11) is -2.88. The van der Waals surface area contributed by atoms with Gasteiger partial charge in [-0.15, -0.1) is 11.3 Å². The number of amides is 2. The Morgan fingerprint density at radius 1 is 1.12 bits per heavy atom. The van der Waals surface area contributed by atoms with Crippen molar-refractivity contribution in [1.82, 2.24) is 20.1 Å². The number of carbonyl (C=O) groups excluding carboxylic acids is 2. The maximum atomic E-state index is 13.4. The highest BCUT2D eigenvalue weighted by molar-refractivity contribution is 7.89. The van der Waals surface area contributed by atoms with Crippen LogP contribution in [0.5, 0.6) is 0 Å². The first-order valence-corrected chi connectivity index (χ1v) is 11.3. The number of hydrogen-bond donors (Lipinski definition) is 3. The molecule has 0 radical (unpaired) electrons. The van der Waals surface area contributed by atoms with Crippen molar-refractivity contribution in [3.05, 3.63) is 45.9 Å². The molecule has 2 rings (SSSR count). The highest BCUT2D eigenvalue weighted by atomic mass is 32.2. The minimum absolute atomic E-state index is 0.0589. The maximum absolute atomic E-state index is 13.4. The smallest absolute Gasteiger partial charge is 0.374 e. The van der Waals surface area contributed by atoms with E-state index in [2.05, 4.69) is 4.98 Å². The number of sulfonamides is 1. The van der Waals surface area contributed by atoms with Crippen LogP contribution < -0.4 is 10.9 Å². The number of rotatable bonds is 7. The Kier molecular flexibility index (Phi) is 7.65. The molecule has 0 aliphatic carbocycles. The minimum atomic E-state index is -5.21. The number of aromatic nitrogens is 1. The van der Waals surface area contributed by atoms with E-state index in [9.17, 15) is 36.3 Å². The number of aryl methyl sites for hydroxylation is 2. The van der Waals surface area contributed by atoms with Gasteiger partial charge >= 0.3 is 6.18 Å². The number of nitrogens with zero attached hydrogens (tertiary/aromatic N) is 2. The van der Waals surface area contributed by atoms with Gasteiger partial charge in [0.25, 0.3) is 5.91 Å². The van der Waals surface area contributed by atoms with Gasteiger partial charge in [0.15, 0.2) is 0 Å². The average molecular weight is 495 g/mol. The Morgan fingerprint density at radius 3 is 2.19 bits per heavy atom. The summed E-state index contributed by atoms with van der Waals surface area (Å²) in [5.74, 6) is -2.35. The highest BCUT2D eigenvalue weighted by Crippen LogP contribution is 2.42. The minimum Gasteiger partial charge on any atom is -0.374 e. The number of halogens is 3. The lowest BCUT2D eigenvalue weighted by molar-refractivity contribution is -0.267. The van der Waals surface area contributed by atoms with E-state index in [4.69, 9.17) is 0 Å². The summed E-state index contributed by atoms with van der Waals surface area (Å²) in [6, 6.07) is 5.87. The fraction of sp³-hybridized carbons (Fsp3) is 0.389. The van der Waals surface area contributed by atoms with Crippen LogP contribution in [0.1, 0.15) is 22.7 Å². The number of aliphatic hydroxyl groups is 1. The summed E-state index contributed by atoms with van der Waals surface area (Å²) >= 11 is 0.538. The molecule has 0 bridgehead atoms. The Morgan fingerprint density at radius 2 is 1.69 bits per heavy atom. The molecule has 0 saturated carbocycles. The Hall–Kier alpha value is -2.55. The molecule has 9 nitrogen and oxygen atoms in total. The number of carbonyl (C=O) groups is 2. The number of thiazole rings is 1. The lowest BCUT2D eigenvalue weighted by Crippen LogP contribution is -2.51. The molecule has 3 N–H and O–H groups in total. The summed E-state index contributed by atoms with van der Waals surface area (Å²) in [5, 5.41) is 10.7. The van der Waals surface area contributed by atoms with Crippen molar-refractivity contribution in [2.75, 3.05) is 13.6 Å². The molecule has 0 fully saturated rings. The lowest BCUT2D eigenvalue weighted by atomic mass is 9.99. The van der Waals surface area contributed by atoms with Gasteiger partial charge in [-0.1, -0.05) is 17.7 Å². The van der Waals surface area contributed by atoms with Gasteiger partial charge < -0.3 is 5.11 Å². The topological polar surface area (TPSA) is 129 Å². The van der Waals surface area contributed by atoms with Crippen LogP contribution >= 0.6 is 11.3 Å². The van der Waals surface area contributed by atoms with E-state index in [-0.39, 0.29) is 10.6 Å². The van der Waals surface area contributed by atoms with Crippen LogP contribution in [0, 0.1) is 13.8 Å². The zero-order valence-electron chi connectivity index (χ0n) is 17.2. The number of hydrogen-bond acceptors (Lipinski definition) is 7. The quantitative estimate of drug-likeness (QED) is 0.499. The third-order valence-electron chi connectivity index (χ3n) is 4.29. The fourth-order valence-electron chi connectivity index (χ4n) is 2.47. The molecule has 0 aliphatic rings. The van der Waals surface area contributed by atoms with Crippen LogP contribution in [-0.4, -0.2) is 54.4 Å². The van der Waals surface area contributed by atoms with E-state index in [1.165, 1.54) is 24.4 Å². The second-order valence-corrected chi connectivity index (χ2v) is 9.90. The van der Waals surface area contributed by atoms with Gasteiger partial charge in [-0.3, -0.25) is 20.4 Å². The van der Waals surface area contributed by atoms with E-state index < -0.39 is 51.6 Å². The van der Waals surface area contributed by atoms with Gasteiger partial charge in [-0.25, -0.2) is 13.4 Å². The van der Waals surface area contributed by atoms with Crippen molar-refractivity contribution in [1.29, 1.82) is 0 Å². The van der Waals surface area contributed by atoms with Crippen molar-refractivity contribution in [3.63, 3.8) is 0 Å². The van der Waals surface area contributed by atoms with Crippen LogP contribution in [0.4, 0.5) is 13.2 Å². The Balaban J connectivity index is 1.99. The number of hydrazine groups is 1. The van der Waals surface area contributed by atoms with Crippen molar-refractivity contribution in [3.8, 4) is 0 Å². The first kappa shape index (κ1) is 25.7. The number of nitrogens with one attached hydrogen (secondary N) is 2. The average Bonchev–Trinajstić information content (AvgIpc) is 3.12. The maximum Gasteiger partial charge on any atom is 0.424 e. The van der Waals surface area contributed by atoms with E-state index in [1.54, 1.807) is 24.5 Å². The van der Waals surface area contributed by atoms with Gasteiger partial charge in [0.05, 0.1) is 17.9 Å². The van der Waals surface area contributed by atoms with Gasteiger partial charge in [0.2, 0.25) is 21.5 Å². The summed E-state index contributed by atoms with van der Waals surface area (Å²) in [4.78, 5) is 27.5. The third kappa shape index (κ3) is 5.82. The molecule has 2 amide bonds. The Bertz CT molecular complexity index is 1090. The number of benzene rings is 1. The largest absolute Gasteiger partial charge is 0.424 e. The highest BCUT2D eigenvalue weighted by Gasteiger charge is 2.58. The molecule has 1 unspecified atom stereocenters. The molecule has 1 atom stereocenters. The molecule has 0 saturated heterocycles. The van der Waals surface area contributed by atoms with Gasteiger partial charge in [0.1, 0.15) is 5.01 Å². The van der Waals surface area contributed by atoms with Crippen LogP contribution in [0.2, 0.25) is 0 Å². The molecule has 176 valence electrons. The van der Waals surface area contributed by atoms with Crippen LogP contribution in [-0.2, 0) is 25.2 Å². The van der Waals surface area contributed by atoms with E-state index in [0.29, 0.717) is 15.6 Å². The van der Waals surface area contributed by atoms with Crippen LogP contribution in [0.25, 0.3) is 0 Å². The molecule has 1 aromatic heterocycles. The van der Waals surface area contributed by atoms with Crippen molar-refractivity contribution in [2.24, 2.45) is 0 Å². The summed E-state index contributed by atoms with van der Waals surface area (Å²) in [6.07, 6.45) is -6.66. The zero-order valence-corrected chi connectivity index (χ0v) is 18.9. The first-order chi connectivity index (χ1) is 14.7. The van der Waals surface area contributed by atoms with E-state index >= 15 is 0 Å². The molecule has 32 heavy (non-hydrogen) atoms. The van der Waals surface area contributed by atoms with Crippen LogP contribution in [0.15, 0.2) is 34.5 Å². The normalized spacial score (nSPS) is 14.1. The van der Waals surface area contributed by atoms with Crippen molar-refractivity contribution < 1.29 is 36.3 Å². The standard InChI is InChI=1S/C18H21F3N4O5S2/c1-11-4-6-13(7-5-11)32(29,30)25(3)9-15(27)24-23-14(26)8-17(28,18(19,20)21)16-22-12(2)10-31-16/h4-7,10,28H,8-9H2,1-3H3,(H,23,26)(H,24,27). The fourth-order valence-corrected chi connectivity index (χ4v) is 4.52. The summed E-state index contributed by atoms with van der Waals surface area (Å²) < 4.78 is 65.9. The first-order valence-electron chi connectivity index (χ1n) is 8.99. The Labute approximate surface area is 186 Å². The van der Waals surface area contributed by atoms with Gasteiger partial charge in [0, 0.05) is 18.1 Å². The predicted molar refractivity (Wildman–Crippen MR) is 109 cm³/mol. The van der Waals surface area contributed by atoms with E-state index in [1.807, 2.05) is 5.43 Å². The predicted octanol–water partition coefficient (Wildman–Crippen LogP) is 1.37. The molecule has 1 aromatic carbocycles. The van der Waals surface area contributed by atoms with Crippen molar-refractivity contribution >= 4 is 33.2 Å². The molecular weight excluding hydrogens is 473 g/mol. The second kappa shape index (κ2) is 9.52. The monoisotopic (exact) mass is 494 g/mol. The lowest BCUT2D eigenvalue weighted by Gasteiger charge is -2.27. The molecule has 1 heterocycles. The summed E-state index contributed by atoms with van der Waals surface area (Å²) in [6.45, 7) is 2.48. The summed E-state index contributed by atoms with van der Waals surface area (Å²) in [5.41, 5.74) is 1.10. The molecule has 0 aliphatic heterocycles. The van der Waals surface area contributed by atoms with E-state index in [0.717, 1.165) is 12.6 Å². The second-order valence-electron chi connectivity index (χ2n) is 7.00. The van der Waals surface area contributed by atoms with Crippen molar-refractivity contribution in [2.45, 2.75) is 36.9 Å². The molecule has 14 heteroatoms. The molecule has 2 aromatic rings. The SMILES string of the molecule is Cc1ccc(S(=O)(=O)N(C)CC(=O)NNC(=O)CC(O)(c2nc(C)cs2)C(F)(F)F)cc1. The zero-order chi connectivity index (χ0) is 24.3. The van der Waals surface area contributed by atoms with Crippen LogP contribution in [0.3, 0.4) is 0 Å². The third-order valence-corrected chi connectivity index (χ3v) is 7.22.